The van der Waals surface area contributed by atoms with Crippen molar-refractivity contribution in [1.29, 1.82) is 0 Å². The Morgan fingerprint density at radius 3 is 2.19 bits per heavy atom. The van der Waals surface area contributed by atoms with Crippen LogP contribution in [0.2, 0.25) is 0 Å². The predicted molar refractivity (Wildman–Crippen MR) is 109 cm³/mol. The average Bonchev–Trinajstić information content (AvgIpc) is 3.09. The van der Waals surface area contributed by atoms with Gasteiger partial charge >= 0.3 is 0 Å². The van der Waals surface area contributed by atoms with Crippen LogP contribution < -0.4 is 5.73 Å². The van der Waals surface area contributed by atoms with E-state index in [1.807, 2.05) is 9.80 Å². The molecular weight excluding hydrogens is 391 g/mol. The summed E-state index contributed by atoms with van der Waals surface area (Å²) in [5.74, 6) is 0.535. The average molecular weight is 425 g/mol. The number of halogens is 2. The molecule has 0 aromatic rings. The minimum Gasteiger partial charge on any atom is -0.381 e. The van der Waals surface area contributed by atoms with Gasteiger partial charge < -0.3 is 20.3 Å². The third kappa shape index (κ3) is 6.75. The Bertz CT molecular complexity index is 472. The fraction of sp³-hybridized carbons (Fsp3) is 0.889. The second kappa shape index (κ2) is 12.1. The van der Waals surface area contributed by atoms with E-state index in [1.165, 1.54) is 0 Å². The van der Waals surface area contributed by atoms with Gasteiger partial charge in [0.2, 0.25) is 11.8 Å². The van der Waals surface area contributed by atoms with Gasteiger partial charge in [0, 0.05) is 52.5 Å². The van der Waals surface area contributed by atoms with E-state index in [1.54, 1.807) is 0 Å². The molecule has 2 N–H and O–H groups in total. The second-order valence-electron chi connectivity index (χ2n) is 7.52. The highest BCUT2D eigenvalue weighted by molar-refractivity contribution is 5.85. The first kappa shape index (κ1) is 24.4. The first-order valence-electron chi connectivity index (χ1n) is 9.77. The third-order valence-corrected chi connectivity index (χ3v) is 5.78. The predicted octanol–water partition coefficient (Wildman–Crippen LogP) is 0.741. The Kier molecular flexibility index (Phi) is 10.9. The molecule has 3 aliphatic rings. The summed E-state index contributed by atoms with van der Waals surface area (Å²) >= 11 is 0. The van der Waals surface area contributed by atoms with Crippen LogP contribution in [0.1, 0.15) is 32.1 Å². The van der Waals surface area contributed by atoms with E-state index in [0.717, 1.165) is 64.8 Å². The summed E-state index contributed by atoms with van der Waals surface area (Å²) in [6.07, 6.45) is 4.89. The SMILES string of the molecule is Cl.Cl.NC(C(=O)N1CCCN(CC(=O)N2CCCC2)CC1)C1CCOCC1. The highest BCUT2D eigenvalue weighted by Gasteiger charge is 2.31. The van der Waals surface area contributed by atoms with Gasteiger partial charge in [-0.25, -0.2) is 0 Å². The van der Waals surface area contributed by atoms with Crippen LogP contribution in [0.5, 0.6) is 0 Å². The molecule has 1 unspecified atom stereocenters. The third-order valence-electron chi connectivity index (χ3n) is 5.78. The van der Waals surface area contributed by atoms with Crippen molar-refractivity contribution in [3.63, 3.8) is 0 Å². The molecule has 0 aromatic carbocycles. The molecule has 0 radical (unpaired) electrons. The lowest BCUT2D eigenvalue weighted by Gasteiger charge is -2.31. The molecule has 3 rings (SSSR count). The van der Waals surface area contributed by atoms with E-state index < -0.39 is 6.04 Å². The monoisotopic (exact) mass is 424 g/mol. The summed E-state index contributed by atoms with van der Waals surface area (Å²) in [6, 6.07) is -0.415. The van der Waals surface area contributed by atoms with Crippen molar-refractivity contribution < 1.29 is 14.3 Å². The molecule has 2 amide bonds. The lowest BCUT2D eigenvalue weighted by molar-refractivity contribution is -0.134. The molecule has 158 valence electrons. The van der Waals surface area contributed by atoms with Gasteiger partial charge in [0.05, 0.1) is 12.6 Å². The highest BCUT2D eigenvalue weighted by Crippen LogP contribution is 2.19. The minimum absolute atomic E-state index is 0. The molecule has 0 aliphatic carbocycles. The van der Waals surface area contributed by atoms with Gasteiger partial charge in [0.25, 0.3) is 0 Å². The number of nitrogens with two attached hydrogens (primary N) is 1. The number of hydrogen-bond donors (Lipinski definition) is 1. The summed E-state index contributed by atoms with van der Waals surface area (Å²) in [7, 11) is 0. The molecule has 3 saturated heterocycles. The zero-order chi connectivity index (χ0) is 17.6. The zero-order valence-electron chi connectivity index (χ0n) is 16.0. The Labute approximate surface area is 174 Å². The maximum Gasteiger partial charge on any atom is 0.239 e. The standard InChI is InChI=1S/C18H32N4O3.2ClH/c19-17(15-4-12-25-13-5-15)18(24)22-9-3-6-20(10-11-22)14-16(23)21-7-1-2-8-21;;/h15,17H,1-14,19H2;2*1H. The van der Waals surface area contributed by atoms with Gasteiger partial charge in [-0.1, -0.05) is 0 Å². The largest absolute Gasteiger partial charge is 0.381 e. The highest BCUT2D eigenvalue weighted by atomic mass is 35.5. The van der Waals surface area contributed by atoms with Crippen LogP contribution in [-0.2, 0) is 14.3 Å². The second-order valence-corrected chi connectivity index (χ2v) is 7.52. The van der Waals surface area contributed by atoms with Gasteiger partial charge in [0.15, 0.2) is 0 Å². The van der Waals surface area contributed by atoms with Crippen LogP contribution in [0, 0.1) is 5.92 Å². The van der Waals surface area contributed by atoms with Gasteiger partial charge in [-0.15, -0.1) is 24.8 Å². The molecule has 27 heavy (non-hydrogen) atoms. The van der Waals surface area contributed by atoms with Crippen LogP contribution in [0.4, 0.5) is 0 Å². The zero-order valence-corrected chi connectivity index (χ0v) is 17.6. The van der Waals surface area contributed by atoms with E-state index >= 15 is 0 Å². The summed E-state index contributed by atoms with van der Waals surface area (Å²) in [5.41, 5.74) is 6.25. The molecule has 0 aromatic heterocycles. The molecule has 3 aliphatic heterocycles. The fourth-order valence-corrected chi connectivity index (χ4v) is 4.09. The van der Waals surface area contributed by atoms with Crippen molar-refractivity contribution in [2.24, 2.45) is 11.7 Å². The van der Waals surface area contributed by atoms with Gasteiger partial charge in [0.1, 0.15) is 0 Å². The molecule has 9 heteroatoms. The lowest BCUT2D eigenvalue weighted by Crippen LogP contribution is -2.50. The van der Waals surface area contributed by atoms with Crippen molar-refractivity contribution in [3.05, 3.63) is 0 Å². The molecule has 1 atom stereocenters. The fourth-order valence-electron chi connectivity index (χ4n) is 4.09. The van der Waals surface area contributed by atoms with E-state index in [9.17, 15) is 9.59 Å². The maximum atomic E-state index is 12.8. The van der Waals surface area contributed by atoms with Crippen molar-refractivity contribution in [2.45, 2.75) is 38.1 Å². The van der Waals surface area contributed by atoms with Crippen molar-refractivity contribution in [1.82, 2.24) is 14.7 Å². The van der Waals surface area contributed by atoms with Crippen LogP contribution >= 0.6 is 24.8 Å². The Morgan fingerprint density at radius 1 is 0.889 bits per heavy atom. The van der Waals surface area contributed by atoms with E-state index in [4.69, 9.17) is 10.5 Å². The van der Waals surface area contributed by atoms with Crippen LogP contribution in [0.3, 0.4) is 0 Å². The number of hydrogen-bond acceptors (Lipinski definition) is 5. The van der Waals surface area contributed by atoms with Crippen molar-refractivity contribution in [2.75, 3.05) is 59.0 Å². The van der Waals surface area contributed by atoms with Gasteiger partial charge in [-0.05, 0) is 38.0 Å². The molecule has 0 saturated carbocycles. The first-order valence-corrected chi connectivity index (χ1v) is 9.77. The van der Waals surface area contributed by atoms with Crippen LogP contribution in [0.15, 0.2) is 0 Å². The van der Waals surface area contributed by atoms with E-state index in [0.29, 0.717) is 26.3 Å². The number of ether oxygens (including phenoxy) is 1. The summed E-state index contributed by atoms with van der Waals surface area (Å²) in [4.78, 5) is 31.1. The Hall–Kier alpha value is -0.600. The normalized spacial score (nSPS) is 23.1. The molecule has 3 heterocycles. The first-order chi connectivity index (χ1) is 12.1. The quantitative estimate of drug-likeness (QED) is 0.719. The number of rotatable bonds is 4. The smallest absolute Gasteiger partial charge is 0.239 e. The summed E-state index contributed by atoms with van der Waals surface area (Å²) in [5, 5.41) is 0. The number of likely N-dealkylation sites (tertiary alicyclic amines) is 1. The minimum atomic E-state index is -0.415. The lowest BCUT2D eigenvalue weighted by atomic mass is 9.91. The Morgan fingerprint density at radius 2 is 1.52 bits per heavy atom. The molecular formula is C18H34Cl2N4O3. The topological polar surface area (TPSA) is 79.1 Å². The van der Waals surface area contributed by atoms with Gasteiger partial charge in [-0.2, -0.15) is 0 Å². The summed E-state index contributed by atoms with van der Waals surface area (Å²) in [6.45, 7) is 6.73. The van der Waals surface area contributed by atoms with Crippen LogP contribution in [0.25, 0.3) is 0 Å². The maximum absolute atomic E-state index is 12.8. The van der Waals surface area contributed by atoms with Gasteiger partial charge in [-0.3, -0.25) is 14.5 Å². The molecule has 0 bridgehead atoms. The van der Waals surface area contributed by atoms with Crippen molar-refractivity contribution in [3.8, 4) is 0 Å². The summed E-state index contributed by atoms with van der Waals surface area (Å²) < 4.78 is 5.37. The van der Waals surface area contributed by atoms with E-state index in [-0.39, 0.29) is 42.5 Å². The van der Waals surface area contributed by atoms with E-state index in [2.05, 4.69) is 4.90 Å². The molecule has 3 fully saturated rings. The van der Waals surface area contributed by atoms with Crippen molar-refractivity contribution >= 4 is 36.6 Å². The molecule has 7 nitrogen and oxygen atoms in total. The van der Waals surface area contributed by atoms with Crippen LogP contribution in [-0.4, -0.2) is 91.6 Å². The Balaban J connectivity index is 0.00000182. The number of amides is 2. The number of carbonyl (C=O) groups is 2. The molecule has 0 spiro atoms. The number of carbonyl (C=O) groups excluding carboxylic acids is 2. The number of nitrogens with zero attached hydrogens (tertiary/aromatic N) is 3.